The number of piperazine rings is 1. The van der Waals surface area contributed by atoms with E-state index >= 15 is 0 Å². The number of pyridine rings is 1. The summed E-state index contributed by atoms with van der Waals surface area (Å²) < 4.78 is 0. The van der Waals surface area contributed by atoms with Crippen LogP contribution in [-0.2, 0) is 16.1 Å². The molecular weight excluding hydrogens is 382 g/mol. The molecular formula is C22H31N5O3. The predicted molar refractivity (Wildman–Crippen MR) is 111 cm³/mol. The maximum Gasteiger partial charge on any atom is 0.317 e. The van der Waals surface area contributed by atoms with Crippen molar-refractivity contribution in [2.45, 2.75) is 63.6 Å². The second kappa shape index (κ2) is 9.45. The van der Waals surface area contributed by atoms with Crippen molar-refractivity contribution in [1.82, 2.24) is 25.0 Å². The van der Waals surface area contributed by atoms with E-state index in [1.807, 2.05) is 23.1 Å². The Morgan fingerprint density at radius 3 is 2.43 bits per heavy atom. The Labute approximate surface area is 177 Å². The summed E-state index contributed by atoms with van der Waals surface area (Å²) in [6.07, 6.45) is 8.92. The molecule has 4 amide bonds. The number of hydrogen-bond acceptors (Lipinski definition) is 4. The number of amides is 4. The summed E-state index contributed by atoms with van der Waals surface area (Å²) in [6, 6.07) is 5.91. The summed E-state index contributed by atoms with van der Waals surface area (Å²) in [6.45, 7) is 2.66. The van der Waals surface area contributed by atoms with Crippen LogP contribution < -0.4 is 5.32 Å². The third kappa shape index (κ3) is 4.74. The molecule has 1 aromatic rings. The van der Waals surface area contributed by atoms with Crippen LogP contribution in [0.1, 0.15) is 50.6 Å². The molecule has 0 aromatic carbocycles. The average Bonchev–Trinajstić information content (AvgIpc) is 2.79. The maximum absolute atomic E-state index is 12.7. The number of carbonyl (C=O) groups is 3. The fourth-order valence-electron chi connectivity index (χ4n) is 4.77. The Bertz CT molecular complexity index is 757. The van der Waals surface area contributed by atoms with Crippen LogP contribution in [0.4, 0.5) is 4.79 Å². The number of hydrogen-bond donors (Lipinski definition) is 1. The van der Waals surface area contributed by atoms with Gasteiger partial charge in [0.2, 0.25) is 0 Å². The van der Waals surface area contributed by atoms with Gasteiger partial charge in [0, 0.05) is 44.5 Å². The minimum atomic E-state index is -0.454. The van der Waals surface area contributed by atoms with Crippen LogP contribution in [0.5, 0.6) is 0 Å². The lowest BCUT2D eigenvalue weighted by atomic mass is 9.95. The molecule has 1 aliphatic carbocycles. The highest BCUT2D eigenvalue weighted by Crippen LogP contribution is 2.22. The Kier molecular flexibility index (Phi) is 6.50. The molecule has 0 atom stereocenters. The summed E-state index contributed by atoms with van der Waals surface area (Å²) in [5.74, 6) is -0.883. The Balaban J connectivity index is 1.26. The number of likely N-dealkylation sites (tertiary alicyclic amines) is 1. The lowest BCUT2D eigenvalue weighted by molar-refractivity contribution is -0.158. The summed E-state index contributed by atoms with van der Waals surface area (Å²) in [4.78, 5) is 47.3. The van der Waals surface area contributed by atoms with Gasteiger partial charge in [0.25, 0.3) is 0 Å². The fraction of sp³-hybridized carbons (Fsp3) is 0.636. The lowest BCUT2D eigenvalue weighted by Crippen LogP contribution is -2.59. The van der Waals surface area contributed by atoms with Crippen molar-refractivity contribution in [2.24, 2.45) is 0 Å². The highest BCUT2D eigenvalue weighted by molar-refractivity contribution is 6.35. The summed E-state index contributed by atoms with van der Waals surface area (Å²) in [5.41, 5.74) is 0.782. The van der Waals surface area contributed by atoms with Gasteiger partial charge in [0.15, 0.2) is 0 Å². The molecule has 1 saturated carbocycles. The van der Waals surface area contributed by atoms with Gasteiger partial charge < -0.3 is 20.0 Å². The predicted octanol–water partition coefficient (Wildman–Crippen LogP) is 1.76. The second-order valence-corrected chi connectivity index (χ2v) is 8.55. The van der Waals surface area contributed by atoms with Crippen molar-refractivity contribution in [3.05, 3.63) is 30.1 Å². The minimum absolute atomic E-state index is 0.0166. The van der Waals surface area contributed by atoms with Crippen LogP contribution in [0.25, 0.3) is 0 Å². The maximum atomic E-state index is 12.7. The smallest absolute Gasteiger partial charge is 0.317 e. The van der Waals surface area contributed by atoms with Crippen LogP contribution >= 0.6 is 0 Å². The molecule has 8 nitrogen and oxygen atoms in total. The first kappa shape index (κ1) is 20.6. The number of urea groups is 1. The molecule has 8 heteroatoms. The number of piperidine rings is 1. The molecule has 0 radical (unpaired) electrons. The summed E-state index contributed by atoms with van der Waals surface area (Å²) in [7, 11) is 0. The molecule has 30 heavy (non-hydrogen) atoms. The van der Waals surface area contributed by atoms with Crippen LogP contribution in [0.15, 0.2) is 24.4 Å². The zero-order chi connectivity index (χ0) is 20.9. The number of nitrogens with zero attached hydrogens (tertiary/aromatic N) is 4. The molecule has 3 heterocycles. The van der Waals surface area contributed by atoms with Gasteiger partial charge in [-0.3, -0.25) is 14.6 Å². The Morgan fingerprint density at radius 2 is 1.73 bits per heavy atom. The molecule has 1 N–H and O–H groups in total. The monoisotopic (exact) mass is 413 g/mol. The van der Waals surface area contributed by atoms with Gasteiger partial charge in [-0.05, 0) is 37.8 Å². The minimum Gasteiger partial charge on any atom is -0.335 e. The van der Waals surface area contributed by atoms with Crippen molar-refractivity contribution < 1.29 is 14.4 Å². The highest BCUT2D eigenvalue weighted by Gasteiger charge is 2.38. The molecule has 3 aliphatic rings. The zero-order valence-corrected chi connectivity index (χ0v) is 17.5. The van der Waals surface area contributed by atoms with Crippen LogP contribution in [0.3, 0.4) is 0 Å². The molecule has 2 aliphatic heterocycles. The van der Waals surface area contributed by atoms with E-state index in [9.17, 15) is 14.4 Å². The van der Waals surface area contributed by atoms with E-state index in [0.29, 0.717) is 38.8 Å². The first-order chi connectivity index (χ1) is 14.6. The molecule has 162 valence electrons. The van der Waals surface area contributed by atoms with Crippen molar-refractivity contribution in [1.29, 1.82) is 0 Å². The molecule has 1 aromatic heterocycles. The van der Waals surface area contributed by atoms with Crippen molar-refractivity contribution in [2.75, 3.05) is 26.2 Å². The molecule has 0 bridgehead atoms. The van der Waals surface area contributed by atoms with Crippen molar-refractivity contribution in [3.63, 3.8) is 0 Å². The molecule has 3 fully saturated rings. The van der Waals surface area contributed by atoms with Gasteiger partial charge in [0.1, 0.15) is 0 Å². The van der Waals surface area contributed by atoms with Crippen LogP contribution in [0, 0.1) is 0 Å². The lowest BCUT2D eigenvalue weighted by Gasteiger charge is -2.42. The SMILES string of the molecule is O=C(NC1CCCCC1)N1CCC(N2CCN(Cc3ccccn3)C(=O)C2=O)CC1. The number of nitrogens with one attached hydrogen (secondary N) is 1. The summed E-state index contributed by atoms with van der Waals surface area (Å²) >= 11 is 0. The largest absolute Gasteiger partial charge is 0.335 e. The quantitative estimate of drug-likeness (QED) is 0.762. The van der Waals surface area contributed by atoms with E-state index < -0.39 is 11.8 Å². The number of carbonyl (C=O) groups excluding carboxylic acids is 3. The van der Waals surface area contributed by atoms with E-state index in [2.05, 4.69) is 10.3 Å². The van der Waals surface area contributed by atoms with Crippen LogP contribution in [0.2, 0.25) is 0 Å². The van der Waals surface area contributed by atoms with Gasteiger partial charge in [-0.25, -0.2) is 4.79 Å². The van der Waals surface area contributed by atoms with E-state index in [-0.39, 0.29) is 12.1 Å². The third-order valence-corrected chi connectivity index (χ3v) is 6.55. The van der Waals surface area contributed by atoms with E-state index in [1.54, 1.807) is 16.0 Å². The van der Waals surface area contributed by atoms with Gasteiger partial charge in [0.05, 0.1) is 12.2 Å². The normalized spacial score (nSPS) is 21.8. The Morgan fingerprint density at radius 1 is 0.967 bits per heavy atom. The molecule has 0 spiro atoms. The number of aromatic nitrogens is 1. The fourth-order valence-corrected chi connectivity index (χ4v) is 4.77. The first-order valence-corrected chi connectivity index (χ1v) is 11.2. The average molecular weight is 414 g/mol. The topological polar surface area (TPSA) is 85.8 Å². The van der Waals surface area contributed by atoms with Gasteiger partial charge >= 0.3 is 17.8 Å². The first-order valence-electron chi connectivity index (χ1n) is 11.2. The van der Waals surface area contributed by atoms with Crippen LogP contribution in [-0.4, -0.2) is 75.8 Å². The van der Waals surface area contributed by atoms with Gasteiger partial charge in [-0.2, -0.15) is 0 Å². The zero-order valence-electron chi connectivity index (χ0n) is 17.5. The summed E-state index contributed by atoms with van der Waals surface area (Å²) in [5, 5.41) is 3.17. The van der Waals surface area contributed by atoms with Gasteiger partial charge in [-0.1, -0.05) is 25.3 Å². The van der Waals surface area contributed by atoms with E-state index in [4.69, 9.17) is 0 Å². The Hall–Kier alpha value is -2.64. The molecule has 4 rings (SSSR count). The molecule has 0 unspecified atom stereocenters. The van der Waals surface area contributed by atoms with Gasteiger partial charge in [-0.15, -0.1) is 0 Å². The van der Waals surface area contributed by atoms with E-state index in [1.165, 1.54) is 19.3 Å². The highest BCUT2D eigenvalue weighted by atomic mass is 16.2. The van der Waals surface area contributed by atoms with Crippen molar-refractivity contribution in [3.8, 4) is 0 Å². The molecule has 2 saturated heterocycles. The van der Waals surface area contributed by atoms with Crippen molar-refractivity contribution >= 4 is 17.8 Å². The standard InChI is InChI=1S/C22H31N5O3/c28-20-21(29)27(15-14-26(20)16-18-8-4-5-11-23-18)19-9-12-25(13-10-19)22(30)24-17-6-2-1-3-7-17/h4-5,8,11,17,19H,1-3,6-7,9-10,12-16H2,(H,24,30). The third-order valence-electron chi connectivity index (χ3n) is 6.55. The number of rotatable bonds is 4. The second-order valence-electron chi connectivity index (χ2n) is 8.55. The van der Waals surface area contributed by atoms with E-state index in [0.717, 1.165) is 31.4 Å².